The van der Waals surface area contributed by atoms with Crippen LogP contribution in [0.4, 0.5) is 0 Å². The van der Waals surface area contributed by atoms with E-state index in [4.69, 9.17) is 0 Å². The van der Waals surface area contributed by atoms with Gasteiger partial charge < -0.3 is 24.1 Å². The van der Waals surface area contributed by atoms with Gasteiger partial charge in [0, 0.05) is 16.5 Å². The molecule has 0 N–H and O–H groups in total. The number of nitrogens with zero attached hydrogens (tertiary/aromatic N) is 2. The van der Waals surface area contributed by atoms with Crippen molar-refractivity contribution in [2.24, 2.45) is 0 Å². The molecule has 0 aliphatic carbocycles. The van der Waals surface area contributed by atoms with Gasteiger partial charge in [-0.05, 0) is 0 Å². The summed E-state index contributed by atoms with van der Waals surface area (Å²) in [6.45, 7) is 3.72. The largest absolute Gasteiger partial charge is 0.813 e. The summed E-state index contributed by atoms with van der Waals surface area (Å²) in [7, 11) is 7.00. The van der Waals surface area contributed by atoms with E-state index < -0.39 is 0 Å². The maximum atomic E-state index is 3.72. The van der Waals surface area contributed by atoms with Crippen LogP contribution in [-0.4, -0.2) is 28.2 Å². The zero-order valence-electron chi connectivity index (χ0n) is 9.75. The van der Waals surface area contributed by atoms with Crippen LogP contribution in [0.2, 0.25) is 0 Å². The molecular formula is C11H20N2NiS-4. The van der Waals surface area contributed by atoms with Gasteiger partial charge in [-0.25, -0.2) is 0 Å². The zero-order chi connectivity index (χ0) is 10.5. The predicted molar refractivity (Wildman–Crippen MR) is 70.1 cm³/mol. The molecule has 0 aromatic heterocycles. The predicted octanol–water partition coefficient (Wildman–Crippen LogP) is 2.84. The van der Waals surface area contributed by atoms with Crippen LogP contribution in [-0.2, 0) is 30.0 Å². The van der Waals surface area contributed by atoms with E-state index in [-0.39, 0.29) is 30.0 Å². The minimum Gasteiger partial charge on any atom is -0.813 e. The molecule has 0 amide bonds. The molecule has 4 heteroatoms. The third-order valence-electron chi connectivity index (χ3n) is 0.843. The fourth-order valence-corrected chi connectivity index (χ4v) is 0.478. The molecule has 0 spiro atoms. The number of thiol groups is 1. The molecule has 0 aliphatic rings. The first-order chi connectivity index (χ1) is 6.22. The Labute approximate surface area is 112 Å². The van der Waals surface area contributed by atoms with Crippen molar-refractivity contribution < 1.29 is 16.5 Å². The Bertz CT molecular complexity index is 169. The number of hydrogen-bond acceptors (Lipinski definition) is 1. The topological polar surface area (TPSA) is 28.2 Å². The van der Waals surface area contributed by atoms with Crippen LogP contribution in [0.25, 0.3) is 10.6 Å². The molecule has 0 fully saturated rings. The summed E-state index contributed by atoms with van der Waals surface area (Å²) in [5.41, 5.74) is 1.07. The Morgan fingerprint density at radius 2 is 1.13 bits per heavy atom. The smallest absolute Gasteiger partial charge is 0 e. The molecule has 0 saturated heterocycles. The SMILES string of the molecule is C[N-]C.C[N-]C.[CH2-]c1ccccc1.[Ni].[SH-]. The summed E-state index contributed by atoms with van der Waals surface area (Å²) in [5.74, 6) is 0. The molecule has 0 heterocycles. The Morgan fingerprint density at radius 1 is 0.867 bits per heavy atom. The molecule has 0 bridgehead atoms. The third kappa shape index (κ3) is 31.6. The van der Waals surface area contributed by atoms with Gasteiger partial charge in [0.15, 0.2) is 0 Å². The average molecular weight is 271 g/mol. The maximum Gasteiger partial charge on any atom is 0 e. The summed E-state index contributed by atoms with van der Waals surface area (Å²) in [5, 5.41) is 7.00. The Morgan fingerprint density at radius 3 is 1.27 bits per heavy atom. The Balaban J connectivity index is -0.0000000665. The van der Waals surface area contributed by atoms with Crippen molar-refractivity contribution in [3.05, 3.63) is 53.5 Å². The molecule has 1 aromatic carbocycles. The zero-order valence-corrected chi connectivity index (χ0v) is 11.6. The Kier molecular flexibility index (Phi) is 38.0. The first kappa shape index (κ1) is 24.2. The van der Waals surface area contributed by atoms with Gasteiger partial charge in [0.25, 0.3) is 0 Å². The molecule has 0 saturated carbocycles. The van der Waals surface area contributed by atoms with Crippen molar-refractivity contribution in [1.82, 2.24) is 0 Å². The monoisotopic (exact) mass is 270 g/mol. The van der Waals surface area contributed by atoms with Crippen molar-refractivity contribution in [3.63, 3.8) is 0 Å². The molecule has 0 unspecified atom stereocenters. The molecule has 2 nitrogen and oxygen atoms in total. The number of rotatable bonds is 0. The van der Waals surface area contributed by atoms with Crippen LogP contribution >= 0.6 is 0 Å². The molecule has 0 radical (unpaired) electrons. The van der Waals surface area contributed by atoms with E-state index in [0.717, 1.165) is 5.56 Å². The second-order valence-electron chi connectivity index (χ2n) is 2.38. The Hall–Kier alpha value is -0.146. The van der Waals surface area contributed by atoms with E-state index in [2.05, 4.69) is 17.6 Å². The fourth-order valence-electron chi connectivity index (χ4n) is 0.478. The first-order valence-electron chi connectivity index (χ1n) is 4.05. The number of hydrogen-bond donors (Lipinski definition) is 0. The van der Waals surface area contributed by atoms with Crippen molar-refractivity contribution in [2.45, 2.75) is 0 Å². The van der Waals surface area contributed by atoms with Crippen molar-refractivity contribution in [2.75, 3.05) is 28.2 Å². The average Bonchev–Trinajstić information content (AvgIpc) is 2.08. The summed E-state index contributed by atoms with van der Waals surface area (Å²) in [4.78, 5) is 0. The molecule has 0 atom stereocenters. The van der Waals surface area contributed by atoms with E-state index in [1.807, 2.05) is 30.3 Å². The third-order valence-corrected chi connectivity index (χ3v) is 0.843. The van der Waals surface area contributed by atoms with Gasteiger partial charge >= 0.3 is 0 Å². The molecule has 1 rings (SSSR count). The maximum absolute atomic E-state index is 3.72. The van der Waals surface area contributed by atoms with Gasteiger partial charge in [0.1, 0.15) is 0 Å². The van der Waals surface area contributed by atoms with Crippen molar-refractivity contribution >= 4 is 13.5 Å². The second kappa shape index (κ2) is 23.6. The molecular weight excluding hydrogens is 251 g/mol. The summed E-state index contributed by atoms with van der Waals surface area (Å²) < 4.78 is 0. The van der Waals surface area contributed by atoms with Gasteiger partial charge in [-0.3, -0.25) is 0 Å². The molecule has 15 heavy (non-hydrogen) atoms. The van der Waals surface area contributed by atoms with Gasteiger partial charge in [-0.1, -0.05) is 6.07 Å². The van der Waals surface area contributed by atoms with Crippen LogP contribution < -0.4 is 0 Å². The molecule has 94 valence electrons. The minimum atomic E-state index is 0. The quantitative estimate of drug-likeness (QED) is 0.308. The summed E-state index contributed by atoms with van der Waals surface area (Å²) >= 11 is 0. The van der Waals surface area contributed by atoms with E-state index in [1.165, 1.54) is 0 Å². The normalized spacial score (nSPS) is 6.40. The summed E-state index contributed by atoms with van der Waals surface area (Å²) in [6, 6.07) is 9.87. The van der Waals surface area contributed by atoms with Gasteiger partial charge in [0.2, 0.25) is 0 Å². The summed E-state index contributed by atoms with van der Waals surface area (Å²) in [6.07, 6.45) is 0. The van der Waals surface area contributed by atoms with Crippen LogP contribution in [0.3, 0.4) is 0 Å². The van der Waals surface area contributed by atoms with Crippen molar-refractivity contribution in [1.29, 1.82) is 0 Å². The van der Waals surface area contributed by atoms with Crippen LogP contribution in [0.15, 0.2) is 30.3 Å². The fraction of sp³-hybridized carbons (Fsp3) is 0.364. The standard InChI is InChI=1S/C7H7.2C2H6N.Ni.H2S/c1-7-5-3-2-4-6-7;2*1-3-2;;/h2-6H,1H2;2*1-2H3;;1H2/q3*-1;;/p-1. The van der Waals surface area contributed by atoms with E-state index >= 15 is 0 Å². The molecule has 1 aromatic rings. The van der Waals surface area contributed by atoms with E-state index in [9.17, 15) is 0 Å². The van der Waals surface area contributed by atoms with Gasteiger partial charge in [-0.15, -0.1) is 12.1 Å². The van der Waals surface area contributed by atoms with Gasteiger partial charge in [0.05, 0.1) is 0 Å². The second-order valence-corrected chi connectivity index (χ2v) is 2.38. The molecule has 0 aliphatic heterocycles. The van der Waals surface area contributed by atoms with Crippen molar-refractivity contribution in [3.8, 4) is 0 Å². The van der Waals surface area contributed by atoms with E-state index in [1.54, 1.807) is 28.2 Å². The number of benzene rings is 1. The van der Waals surface area contributed by atoms with Gasteiger partial charge in [-0.2, -0.15) is 52.8 Å². The van der Waals surface area contributed by atoms with E-state index in [0.29, 0.717) is 0 Å². The minimum absolute atomic E-state index is 0. The van der Waals surface area contributed by atoms with Crippen LogP contribution in [0.1, 0.15) is 5.56 Å². The van der Waals surface area contributed by atoms with Crippen LogP contribution in [0.5, 0.6) is 0 Å². The van der Waals surface area contributed by atoms with Crippen LogP contribution in [0, 0.1) is 6.92 Å². The first-order valence-corrected chi connectivity index (χ1v) is 4.05.